The number of anilines is 1. The van der Waals surface area contributed by atoms with Gasteiger partial charge in [0.2, 0.25) is 0 Å². The van der Waals surface area contributed by atoms with Crippen LogP contribution in [0.1, 0.15) is 18.7 Å². The fourth-order valence-electron chi connectivity index (χ4n) is 1.59. The van der Waals surface area contributed by atoms with Crippen LogP contribution in [0, 0.1) is 0 Å². The van der Waals surface area contributed by atoms with Gasteiger partial charge in [0.05, 0.1) is 23.6 Å². The molecular weight excluding hydrogens is 268 g/mol. The molecule has 1 unspecified atom stereocenters. The highest BCUT2D eigenvalue weighted by Crippen LogP contribution is 2.18. The Morgan fingerprint density at radius 1 is 1.38 bits per heavy atom. The van der Waals surface area contributed by atoms with Gasteiger partial charge in [-0.2, -0.15) is 5.10 Å². The third-order valence-corrected chi connectivity index (χ3v) is 2.88. The van der Waals surface area contributed by atoms with Crippen molar-refractivity contribution in [1.82, 2.24) is 14.8 Å². The van der Waals surface area contributed by atoms with E-state index in [0.29, 0.717) is 0 Å². The second-order valence-corrected chi connectivity index (χ2v) is 4.43. The predicted molar refractivity (Wildman–Crippen MR) is 67.2 cm³/mol. The maximum absolute atomic E-state index is 4.17. The Hall–Kier alpha value is -1.36. The van der Waals surface area contributed by atoms with Gasteiger partial charge >= 0.3 is 0 Å². The molecule has 4 nitrogen and oxygen atoms in total. The van der Waals surface area contributed by atoms with E-state index in [0.717, 1.165) is 16.0 Å². The van der Waals surface area contributed by atoms with Gasteiger partial charge in [0.15, 0.2) is 0 Å². The first kappa shape index (κ1) is 11.1. The SMILES string of the molecule is CC(Nc1ccc(Br)nc1)c1ccnn1C. The van der Waals surface area contributed by atoms with E-state index in [9.17, 15) is 0 Å². The van der Waals surface area contributed by atoms with E-state index < -0.39 is 0 Å². The van der Waals surface area contributed by atoms with Gasteiger partial charge in [-0.05, 0) is 41.1 Å². The molecule has 0 aromatic carbocycles. The van der Waals surface area contributed by atoms with Crippen molar-refractivity contribution in [2.24, 2.45) is 7.05 Å². The zero-order valence-corrected chi connectivity index (χ0v) is 10.8. The summed E-state index contributed by atoms with van der Waals surface area (Å²) < 4.78 is 2.70. The highest BCUT2D eigenvalue weighted by atomic mass is 79.9. The standard InChI is InChI=1S/C11H13BrN4/c1-8(10-5-6-14-16(10)2)15-9-3-4-11(12)13-7-9/h3-8,15H,1-2H3. The molecule has 2 aromatic heterocycles. The minimum absolute atomic E-state index is 0.204. The number of hydrogen-bond donors (Lipinski definition) is 1. The number of hydrogen-bond acceptors (Lipinski definition) is 3. The lowest BCUT2D eigenvalue weighted by Crippen LogP contribution is -2.11. The van der Waals surface area contributed by atoms with Gasteiger partial charge in [-0.25, -0.2) is 4.98 Å². The van der Waals surface area contributed by atoms with Gasteiger partial charge in [0.1, 0.15) is 4.60 Å². The molecule has 2 rings (SSSR count). The fraction of sp³-hybridized carbons (Fsp3) is 0.273. The number of aromatic nitrogens is 3. The summed E-state index contributed by atoms with van der Waals surface area (Å²) in [5, 5.41) is 7.52. The van der Waals surface area contributed by atoms with Crippen LogP contribution >= 0.6 is 15.9 Å². The zero-order chi connectivity index (χ0) is 11.5. The number of nitrogens with one attached hydrogen (secondary N) is 1. The van der Waals surface area contributed by atoms with Crippen molar-refractivity contribution in [3.05, 3.63) is 40.9 Å². The molecule has 0 spiro atoms. The van der Waals surface area contributed by atoms with Crippen LogP contribution in [0.4, 0.5) is 5.69 Å². The van der Waals surface area contributed by atoms with Gasteiger partial charge in [-0.15, -0.1) is 0 Å². The van der Waals surface area contributed by atoms with Crippen molar-refractivity contribution >= 4 is 21.6 Å². The van der Waals surface area contributed by atoms with E-state index in [1.54, 1.807) is 12.4 Å². The molecule has 5 heteroatoms. The lowest BCUT2D eigenvalue weighted by Gasteiger charge is -2.15. The second-order valence-electron chi connectivity index (χ2n) is 3.62. The van der Waals surface area contributed by atoms with Crippen LogP contribution < -0.4 is 5.32 Å². The topological polar surface area (TPSA) is 42.7 Å². The van der Waals surface area contributed by atoms with Crippen molar-refractivity contribution in [3.8, 4) is 0 Å². The Bertz CT molecular complexity index is 463. The smallest absolute Gasteiger partial charge is 0.106 e. The largest absolute Gasteiger partial charge is 0.376 e. The van der Waals surface area contributed by atoms with Crippen molar-refractivity contribution in [2.45, 2.75) is 13.0 Å². The molecule has 2 heterocycles. The number of pyridine rings is 1. The van der Waals surface area contributed by atoms with E-state index >= 15 is 0 Å². The summed E-state index contributed by atoms with van der Waals surface area (Å²) in [6, 6.07) is 6.11. The number of aryl methyl sites for hydroxylation is 1. The van der Waals surface area contributed by atoms with Crippen molar-refractivity contribution in [2.75, 3.05) is 5.32 Å². The average molecular weight is 281 g/mol. The summed E-state index contributed by atoms with van der Waals surface area (Å²) >= 11 is 3.31. The van der Waals surface area contributed by atoms with Crippen molar-refractivity contribution in [1.29, 1.82) is 0 Å². The van der Waals surface area contributed by atoms with Crippen LogP contribution in [-0.2, 0) is 7.05 Å². The quantitative estimate of drug-likeness (QED) is 0.880. The Morgan fingerprint density at radius 3 is 2.75 bits per heavy atom. The monoisotopic (exact) mass is 280 g/mol. The molecule has 0 fully saturated rings. The predicted octanol–water partition coefficient (Wildman–Crippen LogP) is 2.75. The molecule has 84 valence electrons. The van der Waals surface area contributed by atoms with E-state index in [1.165, 1.54) is 0 Å². The normalized spacial score (nSPS) is 12.4. The van der Waals surface area contributed by atoms with E-state index in [-0.39, 0.29) is 6.04 Å². The van der Waals surface area contributed by atoms with Gasteiger partial charge in [-0.1, -0.05) is 0 Å². The Labute approximate surface area is 103 Å². The molecular formula is C11H13BrN4. The van der Waals surface area contributed by atoms with Gasteiger partial charge in [-0.3, -0.25) is 4.68 Å². The molecule has 0 radical (unpaired) electrons. The third-order valence-electron chi connectivity index (χ3n) is 2.41. The van der Waals surface area contributed by atoms with Crippen LogP contribution in [0.15, 0.2) is 35.2 Å². The minimum Gasteiger partial charge on any atom is -0.376 e. The van der Waals surface area contributed by atoms with E-state index in [4.69, 9.17) is 0 Å². The summed E-state index contributed by atoms with van der Waals surface area (Å²) in [5.74, 6) is 0. The first-order valence-corrected chi connectivity index (χ1v) is 5.82. The van der Waals surface area contributed by atoms with Gasteiger partial charge in [0.25, 0.3) is 0 Å². The van der Waals surface area contributed by atoms with Crippen molar-refractivity contribution in [3.63, 3.8) is 0 Å². The molecule has 0 amide bonds. The molecule has 0 aliphatic rings. The summed E-state index contributed by atoms with van der Waals surface area (Å²) in [6.45, 7) is 2.10. The Balaban J connectivity index is 2.10. The first-order chi connectivity index (χ1) is 7.66. The maximum Gasteiger partial charge on any atom is 0.106 e. The summed E-state index contributed by atoms with van der Waals surface area (Å²) in [4.78, 5) is 4.17. The third kappa shape index (κ3) is 2.41. The molecule has 2 aromatic rings. The molecule has 0 saturated heterocycles. The highest BCUT2D eigenvalue weighted by molar-refractivity contribution is 9.10. The fourth-order valence-corrected chi connectivity index (χ4v) is 1.83. The zero-order valence-electron chi connectivity index (χ0n) is 9.18. The van der Waals surface area contributed by atoms with Gasteiger partial charge < -0.3 is 5.32 Å². The molecule has 1 N–H and O–H groups in total. The minimum atomic E-state index is 0.204. The maximum atomic E-state index is 4.17. The summed E-state index contributed by atoms with van der Waals surface area (Å²) in [6.07, 6.45) is 3.60. The lowest BCUT2D eigenvalue weighted by atomic mass is 10.2. The molecule has 0 aliphatic carbocycles. The Kier molecular flexibility index (Phi) is 3.24. The Morgan fingerprint density at radius 2 is 2.19 bits per heavy atom. The second kappa shape index (κ2) is 4.65. The molecule has 0 aliphatic heterocycles. The van der Waals surface area contributed by atoms with Crippen molar-refractivity contribution < 1.29 is 0 Å². The van der Waals surface area contributed by atoms with Gasteiger partial charge in [0, 0.05) is 13.2 Å². The van der Waals surface area contributed by atoms with Crippen LogP contribution in [-0.4, -0.2) is 14.8 Å². The highest BCUT2D eigenvalue weighted by Gasteiger charge is 2.08. The molecule has 0 bridgehead atoms. The van der Waals surface area contributed by atoms with E-state index in [1.807, 2.05) is 29.9 Å². The molecule has 16 heavy (non-hydrogen) atoms. The van der Waals surface area contributed by atoms with Crippen LogP contribution in [0.25, 0.3) is 0 Å². The number of nitrogens with zero attached hydrogens (tertiary/aromatic N) is 3. The van der Waals surface area contributed by atoms with Crippen LogP contribution in [0.3, 0.4) is 0 Å². The number of rotatable bonds is 3. The summed E-state index contributed by atoms with van der Waals surface area (Å²) in [7, 11) is 1.94. The van der Waals surface area contributed by atoms with E-state index in [2.05, 4.69) is 38.3 Å². The van der Waals surface area contributed by atoms with Crippen LogP contribution in [0.2, 0.25) is 0 Å². The number of halogens is 1. The lowest BCUT2D eigenvalue weighted by molar-refractivity contribution is 0.675. The first-order valence-electron chi connectivity index (χ1n) is 5.03. The average Bonchev–Trinajstić information content (AvgIpc) is 2.68. The van der Waals surface area contributed by atoms with Crippen LogP contribution in [0.5, 0.6) is 0 Å². The molecule has 1 atom stereocenters. The summed E-state index contributed by atoms with van der Waals surface area (Å²) in [5.41, 5.74) is 2.14. The molecule has 0 saturated carbocycles.